The van der Waals surface area contributed by atoms with Gasteiger partial charge in [-0.1, -0.05) is 60.2 Å². The van der Waals surface area contributed by atoms with Crippen molar-refractivity contribution in [1.82, 2.24) is 19.6 Å². The molecule has 0 spiro atoms. The number of phenols is 1. The van der Waals surface area contributed by atoms with E-state index < -0.39 is 0 Å². The Kier molecular flexibility index (Phi) is 3.80. The SMILES string of the molecule is Cc1cccc(-c2nc3c4c(ncn3n2)Oc2cc(O)ccc2C4c2ccccc2)c1. The first-order valence-corrected chi connectivity index (χ1v) is 10.1. The highest BCUT2D eigenvalue weighted by Crippen LogP contribution is 2.48. The molecule has 31 heavy (non-hydrogen) atoms. The van der Waals surface area contributed by atoms with Crippen LogP contribution in [0.15, 0.2) is 79.1 Å². The lowest BCUT2D eigenvalue weighted by molar-refractivity contribution is 0.422. The molecule has 0 amide bonds. The van der Waals surface area contributed by atoms with Gasteiger partial charge < -0.3 is 9.84 Å². The molecule has 0 radical (unpaired) electrons. The molecule has 6 nitrogen and oxygen atoms in total. The molecule has 1 aliphatic heterocycles. The molecule has 3 aromatic carbocycles. The van der Waals surface area contributed by atoms with Crippen LogP contribution in [-0.4, -0.2) is 24.7 Å². The molecule has 1 aliphatic rings. The highest BCUT2D eigenvalue weighted by Gasteiger charge is 2.33. The number of hydrogen-bond acceptors (Lipinski definition) is 5. The van der Waals surface area contributed by atoms with Gasteiger partial charge in [0.2, 0.25) is 5.88 Å². The predicted molar refractivity (Wildman–Crippen MR) is 117 cm³/mol. The zero-order valence-corrected chi connectivity index (χ0v) is 16.7. The fraction of sp³-hybridized carbons (Fsp3) is 0.0800. The molecule has 150 valence electrons. The van der Waals surface area contributed by atoms with Crippen molar-refractivity contribution in [2.24, 2.45) is 0 Å². The first-order chi connectivity index (χ1) is 15.2. The normalized spacial score (nSPS) is 14.7. The van der Waals surface area contributed by atoms with Crippen molar-refractivity contribution >= 4 is 5.65 Å². The standard InChI is InChI=1S/C25H18N4O2/c1-15-6-5-9-17(12-15)23-27-24-22-21(16-7-3-2-4-8-16)19-11-10-18(30)13-20(19)31-25(22)26-14-29(24)28-23/h2-14,21,30H,1H3. The van der Waals surface area contributed by atoms with Gasteiger partial charge in [-0.3, -0.25) is 0 Å². The van der Waals surface area contributed by atoms with Crippen LogP contribution < -0.4 is 4.74 Å². The van der Waals surface area contributed by atoms with Crippen LogP contribution >= 0.6 is 0 Å². The number of aromatic nitrogens is 4. The van der Waals surface area contributed by atoms with Crippen molar-refractivity contribution in [3.05, 3.63) is 101 Å². The summed E-state index contributed by atoms with van der Waals surface area (Å²) >= 11 is 0. The Morgan fingerprint density at radius 1 is 0.968 bits per heavy atom. The van der Waals surface area contributed by atoms with E-state index in [0.29, 0.717) is 23.1 Å². The molecule has 6 heteroatoms. The molecule has 3 heterocycles. The van der Waals surface area contributed by atoms with Crippen LogP contribution in [0.5, 0.6) is 17.4 Å². The van der Waals surface area contributed by atoms with Crippen LogP contribution in [0.1, 0.15) is 28.2 Å². The number of nitrogens with zero attached hydrogens (tertiary/aromatic N) is 4. The Bertz CT molecular complexity index is 1440. The van der Waals surface area contributed by atoms with E-state index in [-0.39, 0.29) is 11.7 Å². The maximum atomic E-state index is 9.99. The fourth-order valence-corrected chi connectivity index (χ4v) is 4.20. The maximum absolute atomic E-state index is 9.99. The van der Waals surface area contributed by atoms with Crippen molar-refractivity contribution in [3.63, 3.8) is 0 Å². The van der Waals surface area contributed by atoms with Crippen LogP contribution in [0.3, 0.4) is 0 Å². The molecule has 0 bridgehead atoms. The Morgan fingerprint density at radius 2 is 1.84 bits per heavy atom. The molecule has 1 unspecified atom stereocenters. The highest BCUT2D eigenvalue weighted by molar-refractivity contribution is 5.68. The quantitative estimate of drug-likeness (QED) is 0.434. The van der Waals surface area contributed by atoms with Gasteiger partial charge in [-0.05, 0) is 24.6 Å². The smallest absolute Gasteiger partial charge is 0.228 e. The molecule has 2 aromatic heterocycles. The molecule has 0 fully saturated rings. The lowest BCUT2D eigenvalue weighted by Crippen LogP contribution is -2.14. The summed E-state index contributed by atoms with van der Waals surface area (Å²) in [6.45, 7) is 2.05. The van der Waals surface area contributed by atoms with Crippen molar-refractivity contribution < 1.29 is 9.84 Å². The Labute approximate surface area is 178 Å². The average Bonchev–Trinajstić information content (AvgIpc) is 3.23. The fourth-order valence-electron chi connectivity index (χ4n) is 4.20. The third-order valence-corrected chi connectivity index (χ3v) is 5.60. The van der Waals surface area contributed by atoms with E-state index in [9.17, 15) is 5.11 Å². The first-order valence-electron chi connectivity index (χ1n) is 10.1. The summed E-state index contributed by atoms with van der Waals surface area (Å²) in [5.41, 5.74) is 5.71. The Balaban J connectivity index is 1.62. The molecule has 1 atom stereocenters. The average molecular weight is 406 g/mol. The summed E-state index contributed by atoms with van der Waals surface area (Å²) in [7, 11) is 0. The topological polar surface area (TPSA) is 72.5 Å². The predicted octanol–water partition coefficient (Wildman–Crippen LogP) is 5.09. The molecule has 0 saturated heterocycles. The van der Waals surface area contributed by atoms with E-state index in [1.54, 1.807) is 23.0 Å². The van der Waals surface area contributed by atoms with Crippen molar-refractivity contribution in [2.45, 2.75) is 12.8 Å². The van der Waals surface area contributed by atoms with E-state index in [2.05, 4.69) is 28.3 Å². The Hall–Kier alpha value is -4.19. The number of fused-ring (bicyclic) bond motifs is 4. The summed E-state index contributed by atoms with van der Waals surface area (Å²) in [5, 5.41) is 14.7. The molecule has 1 N–H and O–H groups in total. The van der Waals surface area contributed by atoms with Gasteiger partial charge in [-0.15, -0.1) is 5.10 Å². The van der Waals surface area contributed by atoms with Gasteiger partial charge in [-0.2, -0.15) is 0 Å². The van der Waals surface area contributed by atoms with E-state index >= 15 is 0 Å². The molecule has 0 saturated carbocycles. The van der Waals surface area contributed by atoms with Gasteiger partial charge in [-0.25, -0.2) is 14.5 Å². The summed E-state index contributed by atoms with van der Waals surface area (Å²) in [4.78, 5) is 9.42. The van der Waals surface area contributed by atoms with Gasteiger partial charge in [0.25, 0.3) is 0 Å². The van der Waals surface area contributed by atoms with Gasteiger partial charge in [0.1, 0.15) is 17.8 Å². The molecule has 5 aromatic rings. The van der Waals surface area contributed by atoms with E-state index in [4.69, 9.17) is 9.72 Å². The van der Waals surface area contributed by atoms with E-state index in [0.717, 1.165) is 27.8 Å². The third kappa shape index (κ3) is 2.84. The second-order valence-corrected chi connectivity index (χ2v) is 7.70. The highest BCUT2D eigenvalue weighted by atomic mass is 16.5. The summed E-state index contributed by atoms with van der Waals surface area (Å²) in [6, 6.07) is 23.5. The molecular formula is C25H18N4O2. The van der Waals surface area contributed by atoms with Crippen molar-refractivity contribution in [1.29, 1.82) is 0 Å². The molecular weight excluding hydrogens is 388 g/mol. The van der Waals surface area contributed by atoms with Gasteiger partial charge >= 0.3 is 0 Å². The third-order valence-electron chi connectivity index (χ3n) is 5.60. The number of benzene rings is 3. The number of ether oxygens (including phenoxy) is 1. The second kappa shape index (κ2) is 6.67. The largest absolute Gasteiger partial charge is 0.508 e. The molecule has 6 rings (SSSR count). The minimum Gasteiger partial charge on any atom is -0.508 e. The van der Waals surface area contributed by atoms with Gasteiger partial charge in [0, 0.05) is 23.1 Å². The molecule has 0 aliphatic carbocycles. The summed E-state index contributed by atoms with van der Waals surface area (Å²) in [5.74, 6) is 1.71. The monoisotopic (exact) mass is 406 g/mol. The van der Waals surface area contributed by atoms with Crippen LogP contribution in [0.2, 0.25) is 0 Å². The maximum Gasteiger partial charge on any atom is 0.228 e. The van der Waals surface area contributed by atoms with Crippen molar-refractivity contribution in [2.75, 3.05) is 0 Å². The minimum atomic E-state index is -0.147. The Morgan fingerprint density at radius 3 is 2.68 bits per heavy atom. The number of aryl methyl sites for hydroxylation is 1. The minimum absolute atomic E-state index is 0.147. The van der Waals surface area contributed by atoms with Crippen LogP contribution in [0, 0.1) is 6.92 Å². The lowest BCUT2D eigenvalue weighted by atomic mass is 9.84. The van der Waals surface area contributed by atoms with E-state index in [1.807, 2.05) is 49.4 Å². The van der Waals surface area contributed by atoms with Gasteiger partial charge in [0.15, 0.2) is 11.5 Å². The zero-order chi connectivity index (χ0) is 20.9. The second-order valence-electron chi connectivity index (χ2n) is 7.70. The van der Waals surface area contributed by atoms with Gasteiger partial charge in [0.05, 0.1) is 5.56 Å². The van der Waals surface area contributed by atoms with Crippen molar-refractivity contribution in [3.8, 4) is 28.8 Å². The zero-order valence-electron chi connectivity index (χ0n) is 16.7. The van der Waals surface area contributed by atoms with E-state index in [1.165, 1.54) is 0 Å². The summed E-state index contributed by atoms with van der Waals surface area (Å²) < 4.78 is 7.81. The van der Waals surface area contributed by atoms with Crippen LogP contribution in [-0.2, 0) is 0 Å². The number of phenolic OH excluding ortho intramolecular Hbond substituents is 1. The number of hydrogen-bond donors (Lipinski definition) is 1. The first kappa shape index (κ1) is 17.7. The van der Waals surface area contributed by atoms with Crippen LogP contribution in [0.4, 0.5) is 0 Å². The number of aromatic hydroxyl groups is 1. The number of rotatable bonds is 2. The summed E-state index contributed by atoms with van der Waals surface area (Å²) in [6.07, 6.45) is 1.62. The van der Waals surface area contributed by atoms with Crippen LogP contribution in [0.25, 0.3) is 17.0 Å². The lowest BCUT2D eigenvalue weighted by Gasteiger charge is -2.27.